The Labute approximate surface area is 169 Å². The van der Waals surface area contributed by atoms with Crippen LogP contribution >= 0.6 is 0 Å². The Morgan fingerprint density at radius 3 is 2.72 bits per heavy atom. The number of esters is 1. The summed E-state index contributed by atoms with van der Waals surface area (Å²) in [6.07, 6.45) is -0.0734. The Kier molecular flexibility index (Phi) is 5.92. The molecule has 0 spiro atoms. The number of nitrogens with one attached hydrogen (secondary N) is 1. The number of carbonyl (C=O) groups excluding carboxylic acids is 2. The van der Waals surface area contributed by atoms with Crippen LogP contribution in [0.4, 0.5) is 0 Å². The van der Waals surface area contributed by atoms with Crippen LogP contribution in [0.25, 0.3) is 5.65 Å². The number of ether oxygens (including phenoxy) is 1. The van der Waals surface area contributed by atoms with Crippen LogP contribution < -0.4 is 5.32 Å². The monoisotopic (exact) mass is 422 g/mol. The summed E-state index contributed by atoms with van der Waals surface area (Å²) < 4.78 is 29.9. The maximum Gasteiger partial charge on any atom is 0.306 e. The Morgan fingerprint density at radius 2 is 2.07 bits per heavy atom. The predicted molar refractivity (Wildman–Crippen MR) is 106 cm³/mol. The molecule has 0 saturated carbocycles. The Balaban J connectivity index is 1.56. The van der Waals surface area contributed by atoms with Gasteiger partial charge in [0.1, 0.15) is 0 Å². The van der Waals surface area contributed by atoms with Gasteiger partial charge in [-0.1, -0.05) is 0 Å². The Morgan fingerprint density at radius 1 is 1.34 bits per heavy atom. The van der Waals surface area contributed by atoms with Gasteiger partial charge >= 0.3 is 5.97 Å². The van der Waals surface area contributed by atoms with E-state index in [1.165, 1.54) is 6.92 Å². The molecule has 158 valence electrons. The molecule has 1 aliphatic heterocycles. The average molecular weight is 423 g/mol. The summed E-state index contributed by atoms with van der Waals surface area (Å²) in [7, 11) is -3.09. The van der Waals surface area contributed by atoms with Crippen molar-refractivity contribution in [1.82, 2.24) is 19.9 Å². The Bertz CT molecular complexity index is 1060. The van der Waals surface area contributed by atoms with Gasteiger partial charge in [-0.2, -0.15) is 5.10 Å². The number of aryl methyl sites for hydroxylation is 3. The summed E-state index contributed by atoms with van der Waals surface area (Å²) in [5.41, 5.74) is 4.30. The number of rotatable bonds is 6. The summed E-state index contributed by atoms with van der Waals surface area (Å²) in [5.74, 6) is -0.982. The molecule has 2 aromatic heterocycles. The molecule has 9 nitrogen and oxygen atoms in total. The van der Waals surface area contributed by atoms with E-state index < -0.39 is 33.9 Å². The van der Waals surface area contributed by atoms with E-state index in [1.54, 1.807) is 4.52 Å². The highest BCUT2D eigenvalue weighted by molar-refractivity contribution is 7.91. The van der Waals surface area contributed by atoms with Gasteiger partial charge in [0.25, 0.3) is 5.91 Å². The molecule has 10 heteroatoms. The van der Waals surface area contributed by atoms with Gasteiger partial charge in [0.05, 0.1) is 17.2 Å². The van der Waals surface area contributed by atoms with Crippen LogP contribution in [0.1, 0.15) is 42.4 Å². The van der Waals surface area contributed by atoms with Crippen LogP contribution in [0.2, 0.25) is 0 Å². The fourth-order valence-corrected chi connectivity index (χ4v) is 5.24. The number of hydrogen-bond acceptors (Lipinski definition) is 7. The van der Waals surface area contributed by atoms with E-state index in [0.29, 0.717) is 12.8 Å². The van der Waals surface area contributed by atoms with Crippen molar-refractivity contribution in [2.24, 2.45) is 0 Å². The van der Waals surface area contributed by atoms with Crippen LogP contribution in [0.15, 0.2) is 6.07 Å². The number of fused-ring (bicyclic) bond motifs is 1. The van der Waals surface area contributed by atoms with Crippen LogP contribution in [-0.4, -0.2) is 58.5 Å². The highest BCUT2D eigenvalue weighted by atomic mass is 32.2. The first-order valence-corrected chi connectivity index (χ1v) is 11.4. The minimum atomic E-state index is -3.09. The first kappa shape index (κ1) is 21.2. The lowest BCUT2D eigenvalue weighted by molar-refractivity contribution is -0.155. The van der Waals surface area contributed by atoms with Crippen molar-refractivity contribution in [1.29, 1.82) is 0 Å². The molecule has 0 aromatic carbocycles. The van der Waals surface area contributed by atoms with Crippen molar-refractivity contribution in [3.05, 3.63) is 28.7 Å². The van der Waals surface area contributed by atoms with E-state index in [2.05, 4.69) is 15.4 Å². The molecule has 0 unspecified atom stereocenters. The van der Waals surface area contributed by atoms with Crippen LogP contribution in [-0.2, 0) is 30.6 Å². The topological polar surface area (TPSA) is 120 Å². The van der Waals surface area contributed by atoms with Crippen LogP contribution in [0.5, 0.6) is 0 Å². The van der Waals surface area contributed by atoms with Crippen molar-refractivity contribution < 1.29 is 22.7 Å². The van der Waals surface area contributed by atoms with E-state index in [4.69, 9.17) is 4.74 Å². The molecule has 29 heavy (non-hydrogen) atoms. The molecule has 0 aliphatic carbocycles. The molecule has 1 amide bonds. The highest BCUT2D eigenvalue weighted by Gasteiger charge is 2.30. The number of nitrogens with zero attached hydrogens (tertiary/aromatic N) is 3. The average Bonchev–Trinajstić information content (AvgIpc) is 3.15. The SMILES string of the molecule is Cc1cc2nc(C)c(CCC(=O)O[C@@H](C)C(=O)N[C@H]3CCS(=O)(=O)C3)c(C)n2n1. The number of amides is 1. The van der Waals surface area contributed by atoms with Crippen molar-refractivity contribution in [3.8, 4) is 0 Å². The zero-order valence-electron chi connectivity index (χ0n) is 17.1. The number of hydrogen-bond donors (Lipinski definition) is 1. The number of sulfone groups is 1. The van der Waals surface area contributed by atoms with Crippen molar-refractivity contribution in [2.75, 3.05) is 11.5 Å². The summed E-state index contributed by atoms with van der Waals surface area (Å²) in [6, 6.07) is 1.47. The molecular weight excluding hydrogens is 396 g/mol. The molecule has 0 radical (unpaired) electrons. The predicted octanol–water partition coefficient (Wildman–Crippen LogP) is 0.822. The number of carbonyl (C=O) groups is 2. The highest BCUT2D eigenvalue weighted by Crippen LogP contribution is 2.17. The van der Waals surface area contributed by atoms with Gasteiger partial charge in [0.15, 0.2) is 21.6 Å². The molecule has 3 rings (SSSR count). The first-order valence-electron chi connectivity index (χ1n) is 9.58. The molecular formula is C19H26N4O5S. The summed E-state index contributed by atoms with van der Waals surface area (Å²) in [5, 5.41) is 7.05. The van der Waals surface area contributed by atoms with Gasteiger partial charge < -0.3 is 10.1 Å². The summed E-state index contributed by atoms with van der Waals surface area (Å²) in [6.45, 7) is 7.20. The third kappa shape index (κ3) is 4.92. The molecule has 1 aliphatic rings. The fraction of sp³-hybridized carbons (Fsp3) is 0.579. The smallest absolute Gasteiger partial charge is 0.306 e. The zero-order valence-corrected chi connectivity index (χ0v) is 17.9. The second-order valence-corrected chi connectivity index (χ2v) is 9.79. The van der Waals surface area contributed by atoms with E-state index in [0.717, 1.165) is 28.3 Å². The van der Waals surface area contributed by atoms with Crippen LogP contribution in [0, 0.1) is 20.8 Å². The normalized spacial score (nSPS) is 19.2. The lowest BCUT2D eigenvalue weighted by Gasteiger charge is -2.17. The molecule has 2 aromatic rings. The van der Waals surface area contributed by atoms with Crippen LogP contribution in [0.3, 0.4) is 0 Å². The second-order valence-electron chi connectivity index (χ2n) is 7.56. The van der Waals surface area contributed by atoms with Gasteiger partial charge in [0.2, 0.25) is 0 Å². The third-order valence-electron chi connectivity index (χ3n) is 5.12. The minimum absolute atomic E-state index is 0.0684. The van der Waals surface area contributed by atoms with E-state index in [-0.39, 0.29) is 17.9 Å². The van der Waals surface area contributed by atoms with Gasteiger partial charge in [-0.25, -0.2) is 17.9 Å². The van der Waals surface area contributed by atoms with E-state index >= 15 is 0 Å². The van der Waals surface area contributed by atoms with Gasteiger partial charge in [-0.3, -0.25) is 9.59 Å². The summed E-state index contributed by atoms with van der Waals surface area (Å²) in [4.78, 5) is 28.9. The van der Waals surface area contributed by atoms with Gasteiger partial charge in [0, 0.05) is 29.9 Å². The largest absolute Gasteiger partial charge is 0.453 e. The molecule has 3 heterocycles. The number of aromatic nitrogens is 3. The second kappa shape index (κ2) is 8.10. The van der Waals surface area contributed by atoms with Gasteiger partial charge in [-0.05, 0) is 46.1 Å². The maximum atomic E-state index is 12.2. The molecule has 1 N–H and O–H groups in total. The van der Waals surface area contributed by atoms with Crippen molar-refractivity contribution in [3.63, 3.8) is 0 Å². The van der Waals surface area contributed by atoms with E-state index in [9.17, 15) is 18.0 Å². The standard InChI is InChI=1S/C19H26N4O5S/c1-11-9-17-20-12(2)16(13(3)23(17)22-11)5-6-18(24)28-14(4)19(25)21-15-7-8-29(26,27)10-15/h9,14-15H,5-8,10H2,1-4H3,(H,21,25)/t14-,15-/m0/s1. The lowest BCUT2D eigenvalue weighted by atomic mass is 10.1. The van der Waals surface area contributed by atoms with Crippen molar-refractivity contribution >= 4 is 27.4 Å². The zero-order chi connectivity index (χ0) is 21.3. The fourth-order valence-electron chi connectivity index (χ4n) is 3.57. The molecule has 0 bridgehead atoms. The molecule has 1 saturated heterocycles. The lowest BCUT2D eigenvalue weighted by Crippen LogP contribution is -2.42. The van der Waals surface area contributed by atoms with E-state index in [1.807, 2.05) is 26.8 Å². The first-order chi connectivity index (χ1) is 13.6. The van der Waals surface area contributed by atoms with Crippen molar-refractivity contribution in [2.45, 2.75) is 59.1 Å². The summed E-state index contributed by atoms with van der Waals surface area (Å²) >= 11 is 0. The molecule has 2 atom stereocenters. The molecule has 1 fully saturated rings. The third-order valence-corrected chi connectivity index (χ3v) is 6.89. The quantitative estimate of drug-likeness (QED) is 0.685. The van der Waals surface area contributed by atoms with Gasteiger partial charge in [-0.15, -0.1) is 0 Å². The minimum Gasteiger partial charge on any atom is -0.453 e. The maximum absolute atomic E-state index is 12.2. The Hall–Kier alpha value is -2.49.